The van der Waals surface area contributed by atoms with Gasteiger partial charge >= 0.3 is 0 Å². The smallest absolute Gasteiger partial charge is 0.294 e. The van der Waals surface area contributed by atoms with E-state index in [1.54, 1.807) is 6.07 Å². The molecule has 0 spiro atoms. The Hall–Kier alpha value is -2.15. The zero-order valence-electron chi connectivity index (χ0n) is 9.43. The fourth-order valence-corrected chi connectivity index (χ4v) is 1.22. The zero-order chi connectivity index (χ0) is 13.0. The van der Waals surface area contributed by atoms with Crippen molar-refractivity contribution in [2.45, 2.75) is 20.0 Å². The summed E-state index contributed by atoms with van der Waals surface area (Å²) in [5, 5.41) is 20.1. The number of amides is 1. The van der Waals surface area contributed by atoms with Gasteiger partial charge in [0.15, 0.2) is 0 Å². The zero-order valence-corrected chi connectivity index (χ0v) is 9.43. The number of carbonyl (C=O) groups is 1. The van der Waals surface area contributed by atoms with E-state index >= 15 is 0 Å². The molecule has 1 rings (SSSR count). The van der Waals surface area contributed by atoms with Gasteiger partial charge in [0, 0.05) is 13.0 Å². The Bertz CT molecular complexity index is 445. The highest BCUT2D eigenvalue weighted by Crippen LogP contribution is 2.27. The van der Waals surface area contributed by atoms with Gasteiger partial charge in [-0.05, 0) is 18.6 Å². The largest absolute Gasteiger partial charge is 0.389 e. The van der Waals surface area contributed by atoms with Gasteiger partial charge in [-0.3, -0.25) is 25.8 Å². The molecule has 0 saturated carbocycles. The molecule has 0 aromatic heterocycles. The first-order chi connectivity index (χ1) is 7.91. The molecular formula is C10H13N3O4. The van der Waals surface area contributed by atoms with Gasteiger partial charge in [0.05, 0.1) is 11.0 Å². The molecule has 0 aliphatic rings. The van der Waals surface area contributed by atoms with Crippen LogP contribution in [0.2, 0.25) is 0 Å². The normalized spacial score (nSPS) is 11.7. The molecule has 92 valence electrons. The quantitative estimate of drug-likeness (QED) is 0.539. The molecule has 0 aliphatic heterocycles. The van der Waals surface area contributed by atoms with Crippen molar-refractivity contribution >= 4 is 17.3 Å². The predicted octanol–water partition coefficient (Wildman–Crippen LogP) is 1.11. The number of aliphatic hydroxyl groups is 1. The average Bonchev–Trinajstić information content (AvgIpc) is 2.25. The number of hydrogen-bond acceptors (Lipinski definition) is 5. The molecule has 7 nitrogen and oxygen atoms in total. The van der Waals surface area contributed by atoms with Crippen LogP contribution in [0.15, 0.2) is 18.2 Å². The number of nitro benzene ring substituents is 1. The van der Waals surface area contributed by atoms with Crippen LogP contribution in [0.3, 0.4) is 0 Å². The van der Waals surface area contributed by atoms with Gasteiger partial charge in [-0.1, -0.05) is 6.07 Å². The third-order valence-corrected chi connectivity index (χ3v) is 2.07. The first-order valence-corrected chi connectivity index (χ1v) is 4.91. The number of nitrogens with zero attached hydrogens (tertiary/aromatic N) is 1. The Kier molecular flexibility index (Phi) is 4.00. The number of rotatable bonds is 4. The van der Waals surface area contributed by atoms with Crippen molar-refractivity contribution in [2.75, 3.05) is 5.43 Å². The SMILES string of the molecule is CC(=O)NNc1ccc(C(C)O)cc1[N+](=O)[O-]. The van der Waals surface area contributed by atoms with E-state index < -0.39 is 11.0 Å². The van der Waals surface area contributed by atoms with E-state index in [4.69, 9.17) is 0 Å². The minimum Gasteiger partial charge on any atom is -0.389 e. The van der Waals surface area contributed by atoms with Gasteiger partial charge < -0.3 is 5.11 Å². The minimum atomic E-state index is -0.788. The molecule has 7 heteroatoms. The summed E-state index contributed by atoms with van der Waals surface area (Å²) in [4.78, 5) is 20.9. The van der Waals surface area contributed by atoms with E-state index in [0.717, 1.165) is 0 Å². The summed E-state index contributed by atoms with van der Waals surface area (Å²) in [6.45, 7) is 2.79. The van der Waals surface area contributed by atoms with Crippen LogP contribution in [0.1, 0.15) is 25.5 Å². The van der Waals surface area contributed by atoms with Crippen LogP contribution in [0, 0.1) is 10.1 Å². The van der Waals surface area contributed by atoms with Crippen LogP contribution < -0.4 is 10.9 Å². The molecule has 0 fully saturated rings. The first-order valence-electron chi connectivity index (χ1n) is 4.91. The van der Waals surface area contributed by atoms with E-state index in [0.29, 0.717) is 5.56 Å². The topological polar surface area (TPSA) is 104 Å². The Balaban J connectivity index is 3.04. The molecule has 0 bridgehead atoms. The number of hydrazine groups is 1. The first kappa shape index (κ1) is 12.9. The van der Waals surface area contributed by atoms with Crippen molar-refractivity contribution in [3.8, 4) is 0 Å². The summed E-state index contributed by atoms with van der Waals surface area (Å²) >= 11 is 0. The summed E-state index contributed by atoms with van der Waals surface area (Å²) in [5.41, 5.74) is 5.07. The summed E-state index contributed by atoms with van der Waals surface area (Å²) < 4.78 is 0. The monoisotopic (exact) mass is 239 g/mol. The Morgan fingerprint density at radius 3 is 2.65 bits per heavy atom. The lowest BCUT2D eigenvalue weighted by molar-refractivity contribution is -0.384. The number of nitrogens with one attached hydrogen (secondary N) is 2. The summed E-state index contributed by atoms with van der Waals surface area (Å²) in [6, 6.07) is 4.23. The Morgan fingerprint density at radius 1 is 1.53 bits per heavy atom. The van der Waals surface area contributed by atoms with Crippen LogP contribution in [-0.4, -0.2) is 15.9 Å². The summed E-state index contributed by atoms with van der Waals surface area (Å²) in [6.07, 6.45) is -0.788. The Labute approximate surface area is 97.6 Å². The third-order valence-electron chi connectivity index (χ3n) is 2.07. The molecule has 0 heterocycles. The second-order valence-electron chi connectivity index (χ2n) is 3.52. The number of aliphatic hydroxyl groups excluding tert-OH is 1. The van der Waals surface area contributed by atoms with Crippen LogP contribution in [-0.2, 0) is 4.79 Å². The number of hydrogen-bond donors (Lipinski definition) is 3. The lowest BCUT2D eigenvalue weighted by Crippen LogP contribution is -2.26. The molecule has 0 saturated heterocycles. The van der Waals surface area contributed by atoms with E-state index in [9.17, 15) is 20.0 Å². The van der Waals surface area contributed by atoms with Crippen molar-refractivity contribution in [3.05, 3.63) is 33.9 Å². The van der Waals surface area contributed by atoms with Crippen LogP contribution in [0.4, 0.5) is 11.4 Å². The van der Waals surface area contributed by atoms with Gasteiger partial charge in [0.2, 0.25) is 5.91 Å². The molecule has 0 aliphatic carbocycles. The molecule has 1 atom stereocenters. The lowest BCUT2D eigenvalue weighted by Gasteiger charge is -2.09. The predicted molar refractivity (Wildman–Crippen MR) is 61.2 cm³/mol. The van der Waals surface area contributed by atoms with Crippen LogP contribution in [0.5, 0.6) is 0 Å². The van der Waals surface area contributed by atoms with Crippen molar-refractivity contribution in [1.29, 1.82) is 0 Å². The maximum absolute atomic E-state index is 10.8. The molecule has 0 radical (unpaired) electrons. The second-order valence-corrected chi connectivity index (χ2v) is 3.52. The second kappa shape index (κ2) is 5.26. The molecular weight excluding hydrogens is 226 g/mol. The van der Waals surface area contributed by atoms with E-state index in [1.165, 1.54) is 26.0 Å². The molecule has 1 unspecified atom stereocenters. The third kappa shape index (κ3) is 3.42. The number of carbonyl (C=O) groups excluding carboxylic acids is 1. The number of nitro groups is 1. The van der Waals surface area contributed by atoms with Gasteiger partial charge in [0.1, 0.15) is 5.69 Å². The fourth-order valence-electron chi connectivity index (χ4n) is 1.22. The highest BCUT2D eigenvalue weighted by atomic mass is 16.6. The minimum absolute atomic E-state index is 0.162. The summed E-state index contributed by atoms with van der Waals surface area (Å²) in [7, 11) is 0. The number of benzene rings is 1. The highest BCUT2D eigenvalue weighted by molar-refractivity contribution is 5.76. The summed E-state index contributed by atoms with van der Waals surface area (Å²) in [5.74, 6) is -0.362. The van der Waals surface area contributed by atoms with Crippen molar-refractivity contribution in [1.82, 2.24) is 5.43 Å². The van der Waals surface area contributed by atoms with E-state index in [-0.39, 0.29) is 17.3 Å². The molecule has 17 heavy (non-hydrogen) atoms. The van der Waals surface area contributed by atoms with Crippen molar-refractivity contribution in [3.63, 3.8) is 0 Å². The highest BCUT2D eigenvalue weighted by Gasteiger charge is 2.16. The number of anilines is 1. The van der Waals surface area contributed by atoms with Crippen molar-refractivity contribution in [2.24, 2.45) is 0 Å². The lowest BCUT2D eigenvalue weighted by atomic mass is 10.1. The van der Waals surface area contributed by atoms with Crippen molar-refractivity contribution < 1.29 is 14.8 Å². The van der Waals surface area contributed by atoms with Gasteiger partial charge in [0.25, 0.3) is 5.69 Å². The molecule has 1 aromatic carbocycles. The Morgan fingerprint density at radius 2 is 2.18 bits per heavy atom. The van der Waals surface area contributed by atoms with E-state index in [1.807, 2.05) is 0 Å². The molecule has 3 N–H and O–H groups in total. The maximum Gasteiger partial charge on any atom is 0.294 e. The molecule has 1 aromatic rings. The van der Waals surface area contributed by atoms with Gasteiger partial charge in [-0.15, -0.1) is 0 Å². The standard InChI is InChI=1S/C10H13N3O4/c1-6(14)8-3-4-9(12-11-7(2)15)10(5-8)13(16)17/h3-6,12,14H,1-2H3,(H,11,15). The van der Waals surface area contributed by atoms with E-state index in [2.05, 4.69) is 10.9 Å². The van der Waals surface area contributed by atoms with Crippen LogP contribution >= 0.6 is 0 Å². The van der Waals surface area contributed by atoms with Gasteiger partial charge in [-0.25, -0.2) is 0 Å². The molecule has 1 amide bonds. The van der Waals surface area contributed by atoms with Crippen LogP contribution in [0.25, 0.3) is 0 Å². The van der Waals surface area contributed by atoms with Gasteiger partial charge in [-0.2, -0.15) is 0 Å². The maximum atomic E-state index is 10.8. The average molecular weight is 239 g/mol. The fraction of sp³-hybridized carbons (Fsp3) is 0.300.